The molecule has 0 aliphatic carbocycles. The lowest BCUT2D eigenvalue weighted by Gasteiger charge is -2.23. The molecule has 2 heterocycles. The third-order valence-corrected chi connectivity index (χ3v) is 6.26. The van der Waals surface area contributed by atoms with E-state index in [0.29, 0.717) is 23.4 Å². The molecule has 0 spiro atoms. The van der Waals surface area contributed by atoms with Crippen LogP contribution >= 0.6 is 11.8 Å². The molecule has 1 N–H and O–H groups in total. The van der Waals surface area contributed by atoms with Crippen molar-refractivity contribution in [3.05, 3.63) is 53.6 Å². The molecule has 0 unspecified atom stereocenters. The Morgan fingerprint density at radius 2 is 1.96 bits per heavy atom. The van der Waals surface area contributed by atoms with Crippen molar-refractivity contribution < 1.29 is 18.4 Å². The standard InChI is InChI=1S/C20H18F2N2O2S/c1-2-27-17-7-8-24-18(17)19(25)23-16-6-3-11(9-14(16)20(24)26)13-5-4-12(21)10-15(13)22/h3-6,9-10,17-18H,2,7-8H2,1H3,(H,23,25)/t17-,18-/m0/s1. The van der Waals surface area contributed by atoms with E-state index in [0.717, 1.165) is 18.2 Å². The summed E-state index contributed by atoms with van der Waals surface area (Å²) in [5.74, 6) is -0.910. The van der Waals surface area contributed by atoms with Crippen molar-refractivity contribution in [2.75, 3.05) is 17.6 Å². The molecule has 7 heteroatoms. The number of rotatable bonds is 3. The van der Waals surface area contributed by atoms with E-state index in [4.69, 9.17) is 0 Å². The molecule has 140 valence electrons. The smallest absolute Gasteiger partial charge is 0.256 e. The number of anilines is 1. The summed E-state index contributed by atoms with van der Waals surface area (Å²) in [5.41, 5.74) is 1.42. The average molecular weight is 388 g/mol. The van der Waals surface area contributed by atoms with E-state index in [9.17, 15) is 18.4 Å². The number of thioether (sulfide) groups is 1. The maximum Gasteiger partial charge on any atom is 0.256 e. The van der Waals surface area contributed by atoms with Crippen molar-refractivity contribution in [3.8, 4) is 11.1 Å². The van der Waals surface area contributed by atoms with E-state index in [2.05, 4.69) is 5.32 Å². The van der Waals surface area contributed by atoms with E-state index >= 15 is 0 Å². The van der Waals surface area contributed by atoms with Gasteiger partial charge in [-0.2, -0.15) is 11.8 Å². The molecule has 2 amide bonds. The summed E-state index contributed by atoms with van der Waals surface area (Å²) in [5, 5.41) is 2.92. The summed E-state index contributed by atoms with van der Waals surface area (Å²) in [7, 11) is 0. The largest absolute Gasteiger partial charge is 0.325 e. The minimum atomic E-state index is -0.696. The predicted molar refractivity (Wildman–Crippen MR) is 102 cm³/mol. The monoisotopic (exact) mass is 388 g/mol. The predicted octanol–water partition coefficient (Wildman–Crippen LogP) is 3.92. The topological polar surface area (TPSA) is 49.4 Å². The van der Waals surface area contributed by atoms with Gasteiger partial charge in [0.2, 0.25) is 5.91 Å². The summed E-state index contributed by atoms with van der Waals surface area (Å²) in [4.78, 5) is 27.4. The normalized spacial score (nSPS) is 21.5. The lowest BCUT2D eigenvalue weighted by atomic mass is 10.0. The highest BCUT2D eigenvalue weighted by Crippen LogP contribution is 2.36. The molecule has 0 aromatic heterocycles. The zero-order valence-corrected chi connectivity index (χ0v) is 15.5. The van der Waals surface area contributed by atoms with Crippen LogP contribution < -0.4 is 5.32 Å². The van der Waals surface area contributed by atoms with Crippen LogP contribution in [0.25, 0.3) is 11.1 Å². The van der Waals surface area contributed by atoms with Gasteiger partial charge in [-0.15, -0.1) is 0 Å². The van der Waals surface area contributed by atoms with Crippen molar-refractivity contribution >= 4 is 29.3 Å². The summed E-state index contributed by atoms with van der Waals surface area (Å²) in [6, 6.07) is 7.63. The van der Waals surface area contributed by atoms with Crippen LogP contribution in [0.3, 0.4) is 0 Å². The van der Waals surface area contributed by atoms with E-state index in [1.807, 2.05) is 6.92 Å². The van der Waals surface area contributed by atoms with Gasteiger partial charge in [0, 0.05) is 23.4 Å². The number of carbonyl (C=O) groups excluding carboxylic acids is 2. The van der Waals surface area contributed by atoms with Gasteiger partial charge >= 0.3 is 0 Å². The van der Waals surface area contributed by atoms with E-state index in [1.54, 1.807) is 34.9 Å². The number of nitrogens with zero attached hydrogens (tertiary/aromatic N) is 1. The number of fused-ring (bicyclic) bond motifs is 2. The van der Waals surface area contributed by atoms with Crippen LogP contribution in [0.15, 0.2) is 36.4 Å². The fourth-order valence-corrected chi connectivity index (χ4v) is 4.93. The molecule has 2 atom stereocenters. The Morgan fingerprint density at radius 3 is 2.70 bits per heavy atom. The molecule has 0 bridgehead atoms. The zero-order chi connectivity index (χ0) is 19.1. The summed E-state index contributed by atoms with van der Waals surface area (Å²) in [6.07, 6.45) is 0.768. The first kappa shape index (κ1) is 18.0. The molecule has 2 aliphatic heterocycles. The first-order valence-corrected chi connectivity index (χ1v) is 9.87. The van der Waals surface area contributed by atoms with E-state index < -0.39 is 17.7 Å². The lowest BCUT2D eigenvalue weighted by Crippen LogP contribution is -2.44. The molecule has 4 nitrogen and oxygen atoms in total. The minimum Gasteiger partial charge on any atom is -0.325 e. The molecule has 0 radical (unpaired) electrons. The molecule has 2 aromatic rings. The second-order valence-electron chi connectivity index (χ2n) is 6.60. The molecule has 27 heavy (non-hydrogen) atoms. The second kappa shape index (κ2) is 6.96. The van der Waals surface area contributed by atoms with Crippen LogP contribution in [-0.4, -0.2) is 40.3 Å². The SMILES string of the molecule is CCS[C@H]1CCN2C(=O)c3cc(-c4ccc(F)cc4F)ccc3NC(=O)[C@H]12. The molecule has 1 saturated heterocycles. The van der Waals surface area contributed by atoms with Crippen LogP contribution in [0.2, 0.25) is 0 Å². The van der Waals surface area contributed by atoms with Gasteiger partial charge in [0.05, 0.1) is 11.3 Å². The number of amides is 2. The van der Waals surface area contributed by atoms with Crippen molar-refractivity contribution in [2.45, 2.75) is 24.6 Å². The maximum atomic E-state index is 14.2. The lowest BCUT2D eigenvalue weighted by molar-refractivity contribution is -0.119. The van der Waals surface area contributed by atoms with Gasteiger partial charge in [0.25, 0.3) is 5.91 Å². The Labute approximate surface area is 159 Å². The zero-order valence-electron chi connectivity index (χ0n) is 14.7. The van der Waals surface area contributed by atoms with Crippen molar-refractivity contribution in [2.24, 2.45) is 0 Å². The van der Waals surface area contributed by atoms with E-state index in [1.165, 1.54) is 12.1 Å². The maximum absolute atomic E-state index is 14.2. The minimum absolute atomic E-state index is 0.0716. The number of hydrogen-bond acceptors (Lipinski definition) is 3. The molecule has 2 aliphatic rings. The van der Waals surface area contributed by atoms with Crippen LogP contribution in [0, 0.1) is 11.6 Å². The third-order valence-electron chi connectivity index (χ3n) is 5.00. The Morgan fingerprint density at radius 1 is 1.15 bits per heavy atom. The quantitative estimate of drug-likeness (QED) is 0.867. The van der Waals surface area contributed by atoms with Crippen LogP contribution in [0.4, 0.5) is 14.5 Å². The van der Waals surface area contributed by atoms with Crippen LogP contribution in [0.1, 0.15) is 23.7 Å². The number of hydrogen-bond donors (Lipinski definition) is 1. The number of halogens is 2. The highest BCUT2D eigenvalue weighted by atomic mass is 32.2. The summed E-state index contributed by atoms with van der Waals surface area (Å²) < 4.78 is 27.3. The molecule has 1 fully saturated rings. The Balaban J connectivity index is 1.75. The summed E-state index contributed by atoms with van der Waals surface area (Å²) >= 11 is 1.68. The van der Waals surface area contributed by atoms with Crippen LogP contribution in [-0.2, 0) is 4.79 Å². The van der Waals surface area contributed by atoms with Gasteiger partial charge in [-0.3, -0.25) is 9.59 Å². The van der Waals surface area contributed by atoms with Crippen molar-refractivity contribution in [1.29, 1.82) is 0 Å². The van der Waals surface area contributed by atoms with Crippen LogP contribution in [0.5, 0.6) is 0 Å². The molecule has 2 aromatic carbocycles. The molecule has 4 rings (SSSR count). The number of benzene rings is 2. The fraction of sp³-hybridized carbons (Fsp3) is 0.300. The Kier molecular flexibility index (Phi) is 4.63. The molecular weight excluding hydrogens is 370 g/mol. The first-order chi connectivity index (χ1) is 13.0. The van der Waals surface area contributed by atoms with Crippen molar-refractivity contribution in [3.63, 3.8) is 0 Å². The Bertz CT molecular complexity index is 934. The number of carbonyl (C=O) groups is 2. The summed E-state index contributed by atoms with van der Waals surface area (Å²) in [6.45, 7) is 2.55. The third kappa shape index (κ3) is 3.10. The van der Waals surface area contributed by atoms with Gasteiger partial charge in [-0.05, 0) is 42.0 Å². The molecular formula is C20H18F2N2O2S. The van der Waals surface area contributed by atoms with Gasteiger partial charge in [0.1, 0.15) is 17.7 Å². The highest BCUT2D eigenvalue weighted by molar-refractivity contribution is 7.99. The molecule has 0 saturated carbocycles. The fourth-order valence-electron chi connectivity index (χ4n) is 3.77. The average Bonchev–Trinajstić information content (AvgIpc) is 3.01. The Hall–Kier alpha value is -2.41. The van der Waals surface area contributed by atoms with Gasteiger partial charge < -0.3 is 10.2 Å². The first-order valence-electron chi connectivity index (χ1n) is 8.82. The number of nitrogens with one attached hydrogen (secondary N) is 1. The van der Waals surface area contributed by atoms with Gasteiger partial charge in [0.15, 0.2) is 0 Å². The second-order valence-corrected chi connectivity index (χ2v) is 8.12. The van der Waals surface area contributed by atoms with E-state index in [-0.39, 0.29) is 22.6 Å². The van der Waals surface area contributed by atoms with Gasteiger partial charge in [-0.1, -0.05) is 13.0 Å². The van der Waals surface area contributed by atoms with Gasteiger partial charge in [-0.25, -0.2) is 8.78 Å². The van der Waals surface area contributed by atoms with Crippen molar-refractivity contribution in [1.82, 2.24) is 4.90 Å². The highest BCUT2D eigenvalue weighted by Gasteiger charge is 2.44.